The number of para-hydroxylation sites is 1. The average molecular weight is 319 g/mol. The van der Waals surface area contributed by atoms with Gasteiger partial charge in [-0.05, 0) is 57.9 Å². The second-order valence-corrected chi connectivity index (χ2v) is 6.20. The summed E-state index contributed by atoms with van der Waals surface area (Å²) in [6.07, 6.45) is 3.63. The molecule has 1 aliphatic rings. The van der Waals surface area contributed by atoms with E-state index in [4.69, 9.17) is 4.74 Å². The molecule has 1 saturated heterocycles. The first-order valence-electron chi connectivity index (χ1n) is 8.48. The molecule has 1 heterocycles. The fourth-order valence-corrected chi connectivity index (χ4v) is 3.08. The van der Waals surface area contributed by atoms with Crippen molar-refractivity contribution in [3.8, 4) is 5.75 Å². The number of likely N-dealkylation sites (tertiary alicyclic amines) is 1. The predicted octanol–water partition coefficient (Wildman–Crippen LogP) is 1.63. The number of hydrogen-bond donors (Lipinski definition) is 2. The number of amides is 1. The predicted molar refractivity (Wildman–Crippen MR) is 92.5 cm³/mol. The maximum absolute atomic E-state index is 12.1. The van der Waals surface area contributed by atoms with E-state index < -0.39 is 0 Å². The Labute approximate surface area is 139 Å². The summed E-state index contributed by atoms with van der Waals surface area (Å²) in [7, 11) is 3.65. The Morgan fingerprint density at radius 2 is 2.04 bits per heavy atom. The molecule has 0 atom stereocenters. The number of ether oxygens (including phenoxy) is 1. The Balaban J connectivity index is 1.69. The SMILES string of the molecule is CNCCC1CCN(CC(=O)NCc2ccccc2OC)CC1. The standard InChI is InChI=1S/C18H29N3O2/c1-19-10-7-15-8-11-21(12-9-15)14-18(22)20-13-16-5-3-4-6-17(16)23-2/h3-6,15,19H,7-14H2,1-2H3,(H,20,22). The monoisotopic (exact) mass is 319 g/mol. The number of carbonyl (C=O) groups is 1. The van der Waals surface area contributed by atoms with Gasteiger partial charge in [-0.3, -0.25) is 9.69 Å². The molecule has 128 valence electrons. The first-order valence-corrected chi connectivity index (χ1v) is 8.48. The van der Waals surface area contributed by atoms with E-state index in [9.17, 15) is 4.79 Å². The third-order valence-electron chi connectivity index (χ3n) is 4.55. The zero-order valence-electron chi connectivity index (χ0n) is 14.3. The van der Waals surface area contributed by atoms with Crippen molar-refractivity contribution < 1.29 is 9.53 Å². The van der Waals surface area contributed by atoms with Crippen LogP contribution in [0.2, 0.25) is 0 Å². The van der Waals surface area contributed by atoms with E-state index >= 15 is 0 Å². The molecule has 0 bridgehead atoms. The van der Waals surface area contributed by atoms with Crippen LogP contribution in [0.5, 0.6) is 5.75 Å². The molecular weight excluding hydrogens is 290 g/mol. The third-order valence-corrected chi connectivity index (χ3v) is 4.55. The van der Waals surface area contributed by atoms with E-state index in [0.717, 1.165) is 36.9 Å². The molecule has 23 heavy (non-hydrogen) atoms. The van der Waals surface area contributed by atoms with Crippen molar-refractivity contribution >= 4 is 5.91 Å². The minimum atomic E-state index is 0.0876. The zero-order valence-corrected chi connectivity index (χ0v) is 14.3. The van der Waals surface area contributed by atoms with Crippen LogP contribution in [-0.2, 0) is 11.3 Å². The van der Waals surface area contributed by atoms with Gasteiger partial charge in [0.15, 0.2) is 0 Å². The van der Waals surface area contributed by atoms with Gasteiger partial charge in [0.25, 0.3) is 0 Å². The molecule has 2 rings (SSSR count). The lowest BCUT2D eigenvalue weighted by atomic mass is 9.93. The summed E-state index contributed by atoms with van der Waals surface area (Å²) in [5.74, 6) is 1.71. The molecule has 1 aromatic rings. The van der Waals surface area contributed by atoms with Gasteiger partial charge >= 0.3 is 0 Å². The number of carbonyl (C=O) groups excluding carboxylic acids is 1. The Bertz CT molecular complexity index is 485. The van der Waals surface area contributed by atoms with Crippen molar-refractivity contribution in [1.29, 1.82) is 0 Å². The number of methoxy groups -OCH3 is 1. The first-order chi connectivity index (χ1) is 11.2. The second kappa shape index (κ2) is 9.53. The molecule has 5 heteroatoms. The highest BCUT2D eigenvalue weighted by molar-refractivity contribution is 5.78. The topological polar surface area (TPSA) is 53.6 Å². The van der Waals surface area contributed by atoms with Gasteiger partial charge in [-0.25, -0.2) is 0 Å². The molecule has 1 aliphatic heterocycles. The summed E-state index contributed by atoms with van der Waals surface area (Å²) in [4.78, 5) is 14.4. The molecule has 5 nitrogen and oxygen atoms in total. The highest BCUT2D eigenvalue weighted by atomic mass is 16.5. The van der Waals surface area contributed by atoms with Crippen LogP contribution in [0.4, 0.5) is 0 Å². The summed E-state index contributed by atoms with van der Waals surface area (Å²) in [6, 6.07) is 7.78. The van der Waals surface area contributed by atoms with E-state index in [-0.39, 0.29) is 5.91 Å². The number of piperidine rings is 1. The van der Waals surface area contributed by atoms with Gasteiger partial charge < -0.3 is 15.4 Å². The van der Waals surface area contributed by atoms with Crippen molar-refractivity contribution in [2.45, 2.75) is 25.8 Å². The van der Waals surface area contributed by atoms with Crippen LogP contribution < -0.4 is 15.4 Å². The van der Waals surface area contributed by atoms with Crippen molar-refractivity contribution in [1.82, 2.24) is 15.5 Å². The summed E-state index contributed by atoms with van der Waals surface area (Å²) >= 11 is 0. The Morgan fingerprint density at radius 1 is 1.30 bits per heavy atom. The van der Waals surface area contributed by atoms with E-state index in [0.29, 0.717) is 13.1 Å². The number of nitrogens with one attached hydrogen (secondary N) is 2. The van der Waals surface area contributed by atoms with Gasteiger partial charge in [0.1, 0.15) is 5.75 Å². The largest absolute Gasteiger partial charge is 0.496 e. The van der Waals surface area contributed by atoms with Crippen molar-refractivity contribution in [2.24, 2.45) is 5.92 Å². The summed E-state index contributed by atoms with van der Waals surface area (Å²) in [5, 5.41) is 6.21. The molecule has 0 aromatic heterocycles. The van der Waals surface area contributed by atoms with Crippen LogP contribution in [-0.4, -0.2) is 51.1 Å². The molecule has 0 unspecified atom stereocenters. The van der Waals surface area contributed by atoms with Gasteiger partial charge in [0.2, 0.25) is 5.91 Å². The lowest BCUT2D eigenvalue weighted by molar-refractivity contribution is -0.122. The van der Waals surface area contributed by atoms with Crippen LogP contribution >= 0.6 is 0 Å². The normalized spacial score (nSPS) is 16.3. The fraction of sp³-hybridized carbons (Fsp3) is 0.611. The van der Waals surface area contributed by atoms with Crippen LogP contribution in [0.1, 0.15) is 24.8 Å². The van der Waals surface area contributed by atoms with E-state index in [1.807, 2.05) is 31.3 Å². The van der Waals surface area contributed by atoms with Crippen LogP contribution in [0.15, 0.2) is 24.3 Å². The van der Waals surface area contributed by atoms with Crippen LogP contribution in [0, 0.1) is 5.92 Å². The maximum atomic E-state index is 12.1. The fourth-order valence-electron chi connectivity index (χ4n) is 3.08. The average Bonchev–Trinajstić information content (AvgIpc) is 2.59. The van der Waals surface area contributed by atoms with E-state index in [1.54, 1.807) is 7.11 Å². The molecule has 0 aliphatic carbocycles. The summed E-state index contributed by atoms with van der Waals surface area (Å²) in [6.45, 7) is 4.15. The minimum absolute atomic E-state index is 0.0876. The molecule has 1 amide bonds. The second-order valence-electron chi connectivity index (χ2n) is 6.20. The molecular formula is C18H29N3O2. The molecule has 1 aromatic carbocycles. The van der Waals surface area contributed by atoms with E-state index in [1.165, 1.54) is 19.3 Å². The Kier molecular flexibility index (Phi) is 7.36. The molecule has 0 spiro atoms. The van der Waals surface area contributed by atoms with Crippen LogP contribution in [0.3, 0.4) is 0 Å². The van der Waals surface area contributed by atoms with Crippen molar-refractivity contribution in [3.05, 3.63) is 29.8 Å². The van der Waals surface area contributed by atoms with Gasteiger partial charge in [0, 0.05) is 12.1 Å². The number of nitrogens with zero attached hydrogens (tertiary/aromatic N) is 1. The first kappa shape index (κ1) is 17.8. The Morgan fingerprint density at radius 3 is 2.74 bits per heavy atom. The minimum Gasteiger partial charge on any atom is -0.496 e. The molecule has 0 radical (unpaired) electrons. The van der Waals surface area contributed by atoms with Crippen molar-refractivity contribution in [3.63, 3.8) is 0 Å². The van der Waals surface area contributed by atoms with Gasteiger partial charge in [-0.1, -0.05) is 18.2 Å². The summed E-state index contributed by atoms with van der Waals surface area (Å²) < 4.78 is 5.30. The van der Waals surface area contributed by atoms with Gasteiger partial charge in [-0.2, -0.15) is 0 Å². The summed E-state index contributed by atoms with van der Waals surface area (Å²) in [5.41, 5.74) is 1.01. The quantitative estimate of drug-likeness (QED) is 0.765. The maximum Gasteiger partial charge on any atom is 0.234 e. The smallest absolute Gasteiger partial charge is 0.234 e. The Hall–Kier alpha value is -1.59. The number of rotatable bonds is 8. The number of benzene rings is 1. The number of hydrogen-bond acceptors (Lipinski definition) is 4. The van der Waals surface area contributed by atoms with Crippen molar-refractivity contribution in [2.75, 3.05) is 40.3 Å². The lowest BCUT2D eigenvalue weighted by Gasteiger charge is -2.31. The van der Waals surface area contributed by atoms with Crippen LogP contribution in [0.25, 0.3) is 0 Å². The molecule has 2 N–H and O–H groups in total. The highest BCUT2D eigenvalue weighted by Gasteiger charge is 2.20. The highest BCUT2D eigenvalue weighted by Crippen LogP contribution is 2.20. The lowest BCUT2D eigenvalue weighted by Crippen LogP contribution is -2.41. The molecule has 0 saturated carbocycles. The van der Waals surface area contributed by atoms with Gasteiger partial charge in [0.05, 0.1) is 13.7 Å². The zero-order chi connectivity index (χ0) is 16.5. The molecule has 1 fully saturated rings. The van der Waals surface area contributed by atoms with Gasteiger partial charge in [-0.15, -0.1) is 0 Å². The van der Waals surface area contributed by atoms with E-state index in [2.05, 4.69) is 15.5 Å². The third kappa shape index (κ3) is 5.84.